The predicted molar refractivity (Wildman–Crippen MR) is 139 cm³/mol. The number of anilines is 1. The Morgan fingerprint density at radius 2 is 1.67 bits per heavy atom. The fourth-order valence-electron chi connectivity index (χ4n) is 4.54. The molecule has 0 unspecified atom stereocenters. The molecule has 0 bridgehead atoms. The second-order valence-electron chi connectivity index (χ2n) is 8.64. The molecule has 0 atom stereocenters. The van der Waals surface area contributed by atoms with Crippen molar-refractivity contribution in [3.63, 3.8) is 0 Å². The molecular formula is C27H34N4O5. The van der Waals surface area contributed by atoms with Crippen molar-refractivity contribution in [2.45, 2.75) is 13.3 Å². The van der Waals surface area contributed by atoms with Crippen LogP contribution in [0.25, 0.3) is 6.08 Å². The van der Waals surface area contributed by atoms with Crippen molar-refractivity contribution in [3.05, 3.63) is 53.7 Å². The molecule has 0 radical (unpaired) electrons. The largest absolute Gasteiger partial charge is 0.493 e. The van der Waals surface area contributed by atoms with E-state index in [2.05, 4.69) is 21.2 Å². The molecule has 2 aliphatic heterocycles. The Morgan fingerprint density at radius 3 is 2.39 bits per heavy atom. The minimum absolute atomic E-state index is 0.258. The molecule has 1 N–H and O–H groups in total. The maximum absolute atomic E-state index is 12.9. The number of hydrogen-bond acceptors (Lipinski definition) is 7. The molecule has 4 rings (SSSR count). The van der Waals surface area contributed by atoms with Crippen LogP contribution in [0.3, 0.4) is 0 Å². The average molecular weight is 495 g/mol. The van der Waals surface area contributed by atoms with Crippen LogP contribution in [0.4, 0.5) is 10.5 Å². The standard InChI is InChI=1S/C27H34N4O5/c1-4-36-23-9-6-5-8-22(23)30-16-14-29(15-17-30)12-7-13-31-26(32)21(28-27(31)33)18-20-10-11-24(34-2)25(19-20)35-3/h5-6,8-11,18-19H,4,7,12-17H2,1-3H3,(H,28,33)/b21-18-. The van der Waals surface area contributed by atoms with Crippen LogP contribution in [0.5, 0.6) is 17.2 Å². The molecule has 0 spiro atoms. The number of hydrogen-bond donors (Lipinski definition) is 1. The molecule has 0 saturated carbocycles. The van der Waals surface area contributed by atoms with E-state index in [1.807, 2.05) is 31.2 Å². The minimum atomic E-state index is -0.385. The number of carbonyl (C=O) groups excluding carboxylic acids is 2. The lowest BCUT2D eigenvalue weighted by Crippen LogP contribution is -2.47. The number of carbonyl (C=O) groups is 2. The summed E-state index contributed by atoms with van der Waals surface area (Å²) >= 11 is 0. The van der Waals surface area contributed by atoms with Crippen LogP contribution >= 0.6 is 0 Å². The maximum atomic E-state index is 12.9. The lowest BCUT2D eigenvalue weighted by Gasteiger charge is -2.36. The molecule has 192 valence electrons. The van der Waals surface area contributed by atoms with Crippen LogP contribution in [-0.2, 0) is 4.79 Å². The van der Waals surface area contributed by atoms with Crippen molar-refractivity contribution in [3.8, 4) is 17.2 Å². The van der Waals surface area contributed by atoms with E-state index >= 15 is 0 Å². The maximum Gasteiger partial charge on any atom is 0.329 e. The van der Waals surface area contributed by atoms with Gasteiger partial charge in [-0.3, -0.25) is 14.6 Å². The molecule has 2 aromatic rings. The van der Waals surface area contributed by atoms with Crippen LogP contribution in [0.1, 0.15) is 18.9 Å². The van der Waals surface area contributed by atoms with Crippen LogP contribution in [0.15, 0.2) is 48.2 Å². The first-order chi connectivity index (χ1) is 17.5. The monoisotopic (exact) mass is 494 g/mol. The highest BCUT2D eigenvalue weighted by Gasteiger charge is 2.33. The quantitative estimate of drug-likeness (QED) is 0.401. The molecule has 2 aliphatic rings. The van der Waals surface area contributed by atoms with Gasteiger partial charge in [0.25, 0.3) is 5.91 Å². The zero-order chi connectivity index (χ0) is 25.5. The first-order valence-electron chi connectivity index (χ1n) is 12.3. The molecule has 0 aliphatic carbocycles. The van der Waals surface area contributed by atoms with E-state index < -0.39 is 0 Å². The summed E-state index contributed by atoms with van der Waals surface area (Å²) in [5.74, 6) is 1.76. The van der Waals surface area contributed by atoms with Crippen molar-refractivity contribution < 1.29 is 23.8 Å². The van der Waals surface area contributed by atoms with Gasteiger partial charge in [-0.15, -0.1) is 0 Å². The van der Waals surface area contributed by atoms with Crippen LogP contribution in [0, 0.1) is 0 Å². The lowest BCUT2D eigenvalue weighted by molar-refractivity contribution is -0.122. The Balaban J connectivity index is 1.28. The predicted octanol–water partition coefficient (Wildman–Crippen LogP) is 3.21. The Morgan fingerprint density at radius 1 is 0.917 bits per heavy atom. The summed E-state index contributed by atoms with van der Waals surface area (Å²) in [7, 11) is 3.12. The first-order valence-corrected chi connectivity index (χ1v) is 12.3. The minimum Gasteiger partial charge on any atom is -0.493 e. The van der Waals surface area contributed by atoms with Gasteiger partial charge in [-0.1, -0.05) is 18.2 Å². The molecule has 36 heavy (non-hydrogen) atoms. The Labute approximate surface area is 212 Å². The van der Waals surface area contributed by atoms with Gasteiger partial charge < -0.3 is 24.4 Å². The van der Waals surface area contributed by atoms with Gasteiger partial charge in [-0.2, -0.15) is 0 Å². The summed E-state index contributed by atoms with van der Waals surface area (Å²) in [6.45, 7) is 7.50. The van der Waals surface area contributed by atoms with Gasteiger partial charge in [0.15, 0.2) is 11.5 Å². The van der Waals surface area contributed by atoms with Crippen molar-refractivity contribution in [1.82, 2.24) is 15.1 Å². The topological polar surface area (TPSA) is 83.6 Å². The molecule has 2 saturated heterocycles. The van der Waals surface area contributed by atoms with E-state index in [0.717, 1.165) is 56.1 Å². The number of amides is 3. The number of ether oxygens (including phenoxy) is 3. The van der Waals surface area contributed by atoms with E-state index in [1.165, 1.54) is 4.90 Å². The average Bonchev–Trinajstić information content (AvgIpc) is 3.17. The van der Waals surface area contributed by atoms with Crippen LogP contribution in [0.2, 0.25) is 0 Å². The van der Waals surface area contributed by atoms with E-state index in [4.69, 9.17) is 14.2 Å². The van der Waals surface area contributed by atoms with Gasteiger partial charge >= 0.3 is 6.03 Å². The molecule has 2 fully saturated rings. The number of piperazine rings is 1. The van der Waals surface area contributed by atoms with E-state index in [-0.39, 0.29) is 17.6 Å². The third-order valence-corrected chi connectivity index (χ3v) is 6.42. The van der Waals surface area contributed by atoms with Crippen molar-refractivity contribution in [2.75, 3.05) is 65.0 Å². The number of urea groups is 1. The Hall–Kier alpha value is -3.72. The fourth-order valence-corrected chi connectivity index (χ4v) is 4.54. The molecule has 9 nitrogen and oxygen atoms in total. The third kappa shape index (κ3) is 5.73. The van der Waals surface area contributed by atoms with Gasteiger partial charge in [-0.25, -0.2) is 4.79 Å². The summed E-state index contributed by atoms with van der Waals surface area (Å²) in [5.41, 5.74) is 2.13. The van der Waals surface area contributed by atoms with E-state index in [1.54, 1.807) is 32.4 Å². The van der Waals surface area contributed by atoms with Gasteiger partial charge in [0.2, 0.25) is 0 Å². The van der Waals surface area contributed by atoms with Gasteiger partial charge in [0.1, 0.15) is 11.4 Å². The Kier molecular flexibility index (Phi) is 8.32. The third-order valence-electron chi connectivity index (χ3n) is 6.42. The summed E-state index contributed by atoms with van der Waals surface area (Å²) in [5, 5.41) is 2.69. The molecule has 3 amide bonds. The van der Waals surface area contributed by atoms with Crippen LogP contribution < -0.4 is 24.4 Å². The highest BCUT2D eigenvalue weighted by molar-refractivity contribution is 6.14. The summed E-state index contributed by atoms with van der Waals surface area (Å²) in [6, 6.07) is 13.1. The zero-order valence-corrected chi connectivity index (χ0v) is 21.2. The number of imide groups is 1. The summed E-state index contributed by atoms with van der Waals surface area (Å²) < 4.78 is 16.4. The number of methoxy groups -OCH3 is 2. The Bertz CT molecular complexity index is 1110. The van der Waals surface area contributed by atoms with Crippen LogP contribution in [-0.4, -0.2) is 81.8 Å². The van der Waals surface area contributed by atoms with Crippen molar-refractivity contribution >= 4 is 23.7 Å². The summed E-state index contributed by atoms with van der Waals surface area (Å²) in [4.78, 5) is 31.3. The number of para-hydroxylation sites is 2. The number of benzene rings is 2. The van der Waals surface area contributed by atoms with Gasteiger partial charge in [0.05, 0.1) is 26.5 Å². The molecule has 0 aromatic heterocycles. The highest BCUT2D eigenvalue weighted by atomic mass is 16.5. The smallest absolute Gasteiger partial charge is 0.329 e. The van der Waals surface area contributed by atoms with Gasteiger partial charge in [0, 0.05) is 32.7 Å². The normalized spacial score (nSPS) is 17.5. The number of nitrogens with zero attached hydrogens (tertiary/aromatic N) is 3. The second-order valence-corrected chi connectivity index (χ2v) is 8.64. The summed E-state index contributed by atoms with van der Waals surface area (Å²) in [6.07, 6.45) is 2.37. The van der Waals surface area contributed by atoms with E-state index in [9.17, 15) is 9.59 Å². The van der Waals surface area contributed by atoms with E-state index in [0.29, 0.717) is 24.7 Å². The highest BCUT2D eigenvalue weighted by Crippen LogP contribution is 2.30. The second kappa shape index (κ2) is 11.8. The lowest BCUT2D eigenvalue weighted by atomic mass is 10.1. The fraction of sp³-hybridized carbons (Fsp3) is 0.407. The molecule has 2 aromatic carbocycles. The number of rotatable bonds is 10. The molecular weight excluding hydrogens is 460 g/mol. The molecule has 9 heteroatoms. The van der Waals surface area contributed by atoms with Gasteiger partial charge in [-0.05, 0) is 55.8 Å². The molecule has 2 heterocycles. The number of nitrogens with one attached hydrogen (secondary N) is 1. The zero-order valence-electron chi connectivity index (χ0n) is 21.2. The SMILES string of the molecule is CCOc1ccccc1N1CCN(CCCN2C(=O)N/C(=C\c3ccc(OC)c(OC)c3)C2=O)CC1. The first kappa shape index (κ1) is 25.4. The van der Waals surface area contributed by atoms with Crippen molar-refractivity contribution in [1.29, 1.82) is 0 Å². The van der Waals surface area contributed by atoms with Crippen molar-refractivity contribution in [2.24, 2.45) is 0 Å².